The number of aromatic amines is 1. The molecule has 1 saturated heterocycles. The van der Waals surface area contributed by atoms with E-state index in [1.165, 1.54) is 11.0 Å². The largest absolute Gasteiger partial charge is 0.449 e. The molecule has 55 heavy (non-hydrogen) atoms. The van der Waals surface area contributed by atoms with Gasteiger partial charge in [0.1, 0.15) is 12.1 Å². The molecule has 4 amide bonds. The second-order valence-electron chi connectivity index (χ2n) is 16.2. The van der Waals surface area contributed by atoms with Crippen LogP contribution in [0.25, 0.3) is 16.8 Å². The topological polar surface area (TPSA) is 184 Å². The van der Waals surface area contributed by atoms with Gasteiger partial charge >= 0.3 is 6.09 Å². The maximum Gasteiger partial charge on any atom is 0.407 e. The molecular weight excluding hydrogens is 723 g/mol. The van der Waals surface area contributed by atoms with Crippen LogP contribution in [-0.2, 0) is 29.1 Å². The fourth-order valence-corrected chi connectivity index (χ4v) is 9.13. The molecule has 6 rings (SSSR count). The number of carbonyl (C=O) groups excluding carboxylic acids is 4. The van der Waals surface area contributed by atoms with Crippen molar-refractivity contribution >= 4 is 50.7 Å². The molecule has 0 bridgehead atoms. The molecule has 294 valence electrons. The molecule has 4 aliphatic rings. The van der Waals surface area contributed by atoms with Gasteiger partial charge in [-0.2, -0.15) is 0 Å². The summed E-state index contributed by atoms with van der Waals surface area (Å²) in [6.07, 6.45) is 12.0. The highest BCUT2D eigenvalue weighted by Crippen LogP contribution is 2.50. The summed E-state index contributed by atoms with van der Waals surface area (Å²) in [4.78, 5) is 71.5. The van der Waals surface area contributed by atoms with Crippen LogP contribution in [0, 0.1) is 17.3 Å². The number of aromatic nitrogens is 1. The zero-order chi connectivity index (χ0) is 39.7. The predicted molar refractivity (Wildman–Crippen MR) is 210 cm³/mol. The lowest BCUT2D eigenvalue weighted by molar-refractivity contribution is -0.142. The number of alkyl carbamates (subject to hydrolysis) is 1. The fraction of sp³-hybridized carbons (Fsp3) is 0.488. The Morgan fingerprint density at radius 1 is 1.09 bits per heavy atom. The number of rotatable bonds is 14. The van der Waals surface area contributed by atoms with E-state index >= 15 is 0 Å². The number of hydrogen-bond acceptors (Lipinski definition) is 8. The van der Waals surface area contributed by atoms with Crippen molar-refractivity contribution in [2.24, 2.45) is 17.3 Å². The van der Waals surface area contributed by atoms with E-state index in [-0.39, 0.29) is 31.0 Å². The smallest absolute Gasteiger partial charge is 0.407 e. The molecule has 1 aliphatic heterocycles. The van der Waals surface area contributed by atoms with Crippen LogP contribution < -0.4 is 20.9 Å². The maximum atomic E-state index is 14.4. The molecule has 0 spiro atoms. The van der Waals surface area contributed by atoms with Crippen molar-refractivity contribution in [2.45, 2.75) is 94.5 Å². The molecule has 4 fully saturated rings. The standard InChI is InChI=1S/C41H51N5O8S/c1-6-32-26(3)41(32,38(50)45-55(52,53)30-16-17-30)44-36(48)33-21-25(2)23-46(33)37(49)34(29-12-8-7-9-13-29)43-39(51)54-24-40(4,5)19-10-11-27-14-15-28-18-20-42-35(47)31(28)22-27/h6,10-11,14-15,18,20,22,29-30,32-34H,1-3,7-9,12-13,16-17,19,21,23-24H2,4-5H3,(H,42,47)(H,43,51)(H,44,48)(H,45,50)/b11-10+/t32-,33+,34+,41-/m1/s1. The van der Waals surface area contributed by atoms with Crippen LogP contribution in [0.3, 0.4) is 0 Å². The van der Waals surface area contributed by atoms with Crippen molar-refractivity contribution in [3.63, 3.8) is 0 Å². The third-order valence-electron chi connectivity index (χ3n) is 11.3. The van der Waals surface area contributed by atoms with Crippen LogP contribution in [0.15, 0.2) is 78.3 Å². The maximum absolute atomic E-state index is 14.4. The second-order valence-corrected chi connectivity index (χ2v) is 18.1. The van der Waals surface area contributed by atoms with E-state index in [0.29, 0.717) is 48.6 Å². The van der Waals surface area contributed by atoms with Crippen LogP contribution in [0.2, 0.25) is 0 Å². The van der Waals surface area contributed by atoms with E-state index in [1.807, 2.05) is 50.3 Å². The predicted octanol–water partition coefficient (Wildman–Crippen LogP) is 4.63. The number of ether oxygens (including phenoxy) is 1. The Hall–Kier alpha value is -4.98. The Kier molecular flexibility index (Phi) is 11.3. The zero-order valence-corrected chi connectivity index (χ0v) is 32.3. The molecule has 4 atom stereocenters. The summed E-state index contributed by atoms with van der Waals surface area (Å²) in [6.45, 7) is 15.7. The first kappa shape index (κ1) is 39.7. The van der Waals surface area contributed by atoms with E-state index in [9.17, 15) is 32.4 Å². The Bertz CT molecular complexity index is 2110. The molecule has 2 heterocycles. The summed E-state index contributed by atoms with van der Waals surface area (Å²) < 4.78 is 33.1. The lowest BCUT2D eigenvalue weighted by Gasteiger charge is -2.34. The lowest BCUT2D eigenvalue weighted by Crippen LogP contribution is -2.59. The molecule has 1 aromatic carbocycles. The molecule has 3 saturated carbocycles. The first-order valence-corrected chi connectivity index (χ1v) is 20.5. The monoisotopic (exact) mass is 773 g/mol. The highest BCUT2D eigenvalue weighted by molar-refractivity contribution is 7.91. The van der Waals surface area contributed by atoms with Gasteiger partial charge in [0.25, 0.3) is 11.5 Å². The number of nitrogens with one attached hydrogen (secondary N) is 4. The van der Waals surface area contributed by atoms with Gasteiger partial charge in [-0.1, -0.05) is 82.2 Å². The quantitative estimate of drug-likeness (QED) is 0.201. The summed E-state index contributed by atoms with van der Waals surface area (Å²) in [5, 5.41) is 6.35. The molecule has 4 N–H and O–H groups in total. The van der Waals surface area contributed by atoms with Crippen molar-refractivity contribution in [3.8, 4) is 0 Å². The molecule has 2 aromatic rings. The van der Waals surface area contributed by atoms with Gasteiger partial charge in [0, 0.05) is 29.5 Å². The van der Waals surface area contributed by atoms with Gasteiger partial charge in [-0.05, 0) is 73.1 Å². The number of hydrogen-bond donors (Lipinski definition) is 4. The molecule has 3 aliphatic carbocycles. The van der Waals surface area contributed by atoms with Crippen molar-refractivity contribution in [3.05, 3.63) is 89.4 Å². The minimum absolute atomic E-state index is 0.0622. The Morgan fingerprint density at radius 2 is 1.82 bits per heavy atom. The van der Waals surface area contributed by atoms with Crippen LogP contribution in [0.1, 0.15) is 77.2 Å². The van der Waals surface area contributed by atoms with E-state index < -0.39 is 68.0 Å². The van der Waals surface area contributed by atoms with Crippen LogP contribution >= 0.6 is 0 Å². The second kappa shape index (κ2) is 15.6. The molecule has 13 nitrogen and oxygen atoms in total. The number of sulfonamides is 1. The fourth-order valence-electron chi connectivity index (χ4n) is 7.78. The molecule has 0 unspecified atom stereocenters. The first-order chi connectivity index (χ1) is 26.1. The van der Waals surface area contributed by atoms with Crippen molar-refractivity contribution < 1.29 is 32.3 Å². The molecule has 1 aromatic heterocycles. The van der Waals surface area contributed by atoms with Gasteiger partial charge < -0.3 is 25.3 Å². The number of pyridine rings is 1. The van der Waals surface area contributed by atoms with Crippen LogP contribution in [-0.4, -0.2) is 78.1 Å². The molecule has 14 heteroatoms. The number of amides is 4. The van der Waals surface area contributed by atoms with E-state index in [4.69, 9.17) is 4.74 Å². The van der Waals surface area contributed by atoms with E-state index in [0.717, 1.165) is 30.2 Å². The number of H-pyrrole nitrogens is 1. The lowest BCUT2D eigenvalue weighted by atomic mass is 9.83. The van der Waals surface area contributed by atoms with Crippen molar-refractivity contribution in [2.75, 3.05) is 13.2 Å². The SMILES string of the molecule is C=C[C@@H]1C(=C)[C@]1(NC(=O)[C@@H]1CC(=C)CN1C(=O)[C@@H](NC(=O)OCC(C)(C)C/C=C/c1ccc2cc[nH]c(=O)c2c1)C1CCCCC1)C(=O)NS(=O)(=O)C1CC1. The van der Waals surface area contributed by atoms with Gasteiger partial charge in [0.05, 0.1) is 11.9 Å². The van der Waals surface area contributed by atoms with Crippen molar-refractivity contribution in [1.82, 2.24) is 25.2 Å². The number of allylic oxidation sites excluding steroid dienone is 1. The summed E-state index contributed by atoms with van der Waals surface area (Å²) >= 11 is 0. The Balaban J connectivity index is 1.11. The number of benzene rings is 1. The third kappa shape index (κ3) is 8.64. The van der Waals surface area contributed by atoms with Crippen molar-refractivity contribution in [1.29, 1.82) is 0 Å². The normalized spacial score (nSPS) is 23.7. The van der Waals surface area contributed by atoms with Crippen LogP contribution in [0.4, 0.5) is 4.79 Å². The molecule has 0 radical (unpaired) electrons. The Labute approximate surface area is 321 Å². The number of nitrogens with zero attached hydrogens (tertiary/aromatic N) is 1. The number of fused-ring (bicyclic) bond motifs is 1. The van der Waals surface area contributed by atoms with E-state index in [2.05, 4.69) is 40.1 Å². The van der Waals surface area contributed by atoms with E-state index in [1.54, 1.807) is 6.20 Å². The molecular formula is C41H51N5O8S. The van der Waals surface area contributed by atoms with Gasteiger partial charge in [0.2, 0.25) is 21.8 Å². The minimum atomic E-state index is -3.92. The Morgan fingerprint density at radius 3 is 2.49 bits per heavy atom. The average Bonchev–Trinajstić information content (AvgIpc) is 4.06. The minimum Gasteiger partial charge on any atom is -0.449 e. The first-order valence-electron chi connectivity index (χ1n) is 18.9. The summed E-state index contributed by atoms with van der Waals surface area (Å²) in [6, 6.07) is 5.47. The summed E-state index contributed by atoms with van der Waals surface area (Å²) in [5.74, 6) is -2.91. The zero-order valence-electron chi connectivity index (χ0n) is 31.5. The highest BCUT2D eigenvalue weighted by atomic mass is 32.2. The highest BCUT2D eigenvalue weighted by Gasteiger charge is 2.65. The average molecular weight is 774 g/mol. The van der Waals surface area contributed by atoms with Gasteiger partial charge in [-0.15, -0.1) is 6.58 Å². The summed E-state index contributed by atoms with van der Waals surface area (Å²) in [7, 11) is -3.92. The van der Waals surface area contributed by atoms with Gasteiger partial charge in [0.15, 0.2) is 5.54 Å². The van der Waals surface area contributed by atoms with Crippen LogP contribution in [0.5, 0.6) is 0 Å². The van der Waals surface area contributed by atoms with Gasteiger partial charge in [-0.3, -0.25) is 23.9 Å². The summed E-state index contributed by atoms with van der Waals surface area (Å²) in [5.41, 5.74) is -0.560. The third-order valence-corrected chi connectivity index (χ3v) is 13.1. The number of carbonyl (C=O) groups is 4. The van der Waals surface area contributed by atoms with Gasteiger partial charge in [-0.25, -0.2) is 13.2 Å². The number of likely N-dealkylation sites (tertiary alicyclic amines) is 1.